The van der Waals surface area contributed by atoms with E-state index in [4.69, 9.17) is 4.52 Å². The van der Waals surface area contributed by atoms with Gasteiger partial charge in [-0.05, 0) is 29.8 Å². The number of halogens is 1. The van der Waals surface area contributed by atoms with E-state index < -0.39 is 12.1 Å². The second-order valence-corrected chi connectivity index (χ2v) is 6.93. The number of hydrogen-bond acceptors (Lipinski definition) is 6. The number of carbonyl (C=O) groups excluding carboxylic acids is 1. The van der Waals surface area contributed by atoms with Crippen LogP contribution in [0.4, 0.5) is 4.39 Å². The van der Waals surface area contributed by atoms with Crippen LogP contribution in [0.15, 0.2) is 53.1 Å². The van der Waals surface area contributed by atoms with E-state index in [0.717, 1.165) is 10.5 Å². The van der Waals surface area contributed by atoms with Gasteiger partial charge in [0, 0.05) is 17.5 Å². The van der Waals surface area contributed by atoms with E-state index in [1.54, 1.807) is 24.3 Å². The molecule has 8 heteroatoms. The largest absolute Gasteiger partial charge is 0.545 e. The number of aliphatic hydroxyl groups is 1. The number of hydrogen-bond donors (Lipinski definition) is 2. The van der Waals surface area contributed by atoms with Gasteiger partial charge in [-0.25, -0.2) is 4.39 Å². The molecule has 2 heterocycles. The topological polar surface area (TPSA) is 104 Å². The van der Waals surface area contributed by atoms with Crippen LogP contribution in [0, 0.1) is 5.82 Å². The number of carboxylic acids is 1. The third-order valence-corrected chi connectivity index (χ3v) is 4.96. The summed E-state index contributed by atoms with van der Waals surface area (Å²) in [6.07, 6.45) is -0.0130. The maximum Gasteiger partial charge on any atom is 0.285 e. The summed E-state index contributed by atoms with van der Waals surface area (Å²) in [5, 5.41) is 25.0. The number of aliphatic hydroxyl groups excluding tert-OH is 1. The molecule has 1 unspecified atom stereocenters. The van der Waals surface area contributed by atoms with E-state index in [2.05, 4.69) is 10.1 Å². The summed E-state index contributed by atoms with van der Waals surface area (Å²) in [6.45, 7) is 1.09. The fourth-order valence-electron chi connectivity index (χ4n) is 3.55. The number of quaternary nitrogens is 1. The van der Waals surface area contributed by atoms with Gasteiger partial charge < -0.3 is 24.4 Å². The first kappa shape index (κ1) is 18.3. The standard InChI is InChI=1S/C20H18FN3O4/c21-15-7-5-13(6-8-15)18-22-19(28-23-18)17-9-16(25)11-24(17)10-12-1-3-14(4-2-12)20(26)27/h1-8,16-17,25H,9-11H2,(H,26,27)/t16-,17+/m1/s1. The van der Waals surface area contributed by atoms with Crippen molar-refractivity contribution in [1.82, 2.24) is 10.1 Å². The van der Waals surface area contributed by atoms with Gasteiger partial charge in [0.05, 0.1) is 5.97 Å². The van der Waals surface area contributed by atoms with Crippen molar-refractivity contribution >= 4 is 5.97 Å². The number of rotatable bonds is 5. The Balaban J connectivity index is 1.53. The van der Waals surface area contributed by atoms with Gasteiger partial charge in [-0.2, -0.15) is 4.98 Å². The Hall–Kier alpha value is -3.10. The van der Waals surface area contributed by atoms with Crippen molar-refractivity contribution in [2.45, 2.75) is 25.1 Å². The number of aromatic carboxylic acids is 1. The third-order valence-electron chi connectivity index (χ3n) is 4.96. The maximum absolute atomic E-state index is 13.1. The summed E-state index contributed by atoms with van der Waals surface area (Å²) in [6, 6.07) is 12.1. The molecule has 3 atom stereocenters. The van der Waals surface area contributed by atoms with Crippen LogP contribution in [0.2, 0.25) is 0 Å². The molecule has 1 aromatic heterocycles. The van der Waals surface area contributed by atoms with Crippen molar-refractivity contribution in [3.8, 4) is 11.4 Å². The van der Waals surface area contributed by atoms with E-state index >= 15 is 0 Å². The lowest BCUT2D eigenvalue weighted by atomic mass is 10.1. The van der Waals surface area contributed by atoms with E-state index in [-0.39, 0.29) is 17.4 Å². The molecule has 0 radical (unpaired) electrons. The molecule has 1 aliphatic rings. The van der Waals surface area contributed by atoms with Gasteiger partial charge >= 0.3 is 0 Å². The summed E-state index contributed by atoms with van der Waals surface area (Å²) >= 11 is 0. The molecule has 0 amide bonds. The molecule has 1 saturated heterocycles. The molecule has 2 N–H and O–H groups in total. The lowest BCUT2D eigenvalue weighted by Gasteiger charge is -2.18. The van der Waals surface area contributed by atoms with Gasteiger partial charge in [-0.15, -0.1) is 0 Å². The molecule has 0 aliphatic carbocycles. The van der Waals surface area contributed by atoms with Crippen LogP contribution in [0.25, 0.3) is 11.4 Å². The Labute approximate surface area is 160 Å². The van der Waals surface area contributed by atoms with Crippen molar-refractivity contribution < 1.29 is 28.8 Å². The Morgan fingerprint density at radius 1 is 1.21 bits per heavy atom. The average molecular weight is 383 g/mol. The van der Waals surface area contributed by atoms with Crippen LogP contribution in [0.5, 0.6) is 0 Å². The number of carbonyl (C=O) groups is 1. The number of nitrogens with zero attached hydrogens (tertiary/aromatic N) is 2. The molecular formula is C20H18FN3O4. The third kappa shape index (κ3) is 3.78. The molecule has 0 spiro atoms. The van der Waals surface area contributed by atoms with Gasteiger partial charge in [0.25, 0.3) is 5.89 Å². The van der Waals surface area contributed by atoms with Gasteiger partial charge in [-0.3, -0.25) is 0 Å². The summed E-state index contributed by atoms with van der Waals surface area (Å²) in [4.78, 5) is 16.4. The van der Waals surface area contributed by atoms with Crippen molar-refractivity contribution in [2.24, 2.45) is 0 Å². The molecule has 1 fully saturated rings. The van der Waals surface area contributed by atoms with Crippen LogP contribution in [-0.4, -0.2) is 33.9 Å². The number of aromatic nitrogens is 2. The van der Waals surface area contributed by atoms with Crippen LogP contribution in [0.3, 0.4) is 0 Å². The van der Waals surface area contributed by atoms with Crippen LogP contribution in [0.1, 0.15) is 34.3 Å². The smallest absolute Gasteiger partial charge is 0.285 e. The summed E-state index contributed by atoms with van der Waals surface area (Å²) in [7, 11) is 0. The zero-order chi connectivity index (χ0) is 19.7. The summed E-state index contributed by atoms with van der Waals surface area (Å²) in [5.74, 6) is -0.773. The predicted molar refractivity (Wildman–Crippen MR) is 93.4 cm³/mol. The van der Waals surface area contributed by atoms with E-state index in [1.807, 2.05) is 0 Å². The van der Waals surface area contributed by atoms with Crippen LogP contribution < -0.4 is 10.0 Å². The van der Waals surface area contributed by atoms with Crippen molar-refractivity contribution in [1.29, 1.82) is 0 Å². The minimum absolute atomic E-state index is 0.123. The summed E-state index contributed by atoms with van der Waals surface area (Å²) < 4.78 is 18.5. The van der Waals surface area contributed by atoms with Gasteiger partial charge in [0.2, 0.25) is 5.82 Å². The van der Waals surface area contributed by atoms with E-state index in [9.17, 15) is 19.4 Å². The highest BCUT2D eigenvalue weighted by molar-refractivity contribution is 5.85. The van der Waals surface area contributed by atoms with E-state index in [0.29, 0.717) is 36.8 Å². The average Bonchev–Trinajstić information content (AvgIpc) is 3.29. The normalized spacial score (nSPS) is 21.7. The quantitative estimate of drug-likeness (QED) is 0.649. The molecule has 4 rings (SSSR count). The monoisotopic (exact) mass is 383 g/mol. The Morgan fingerprint density at radius 3 is 2.61 bits per heavy atom. The summed E-state index contributed by atoms with van der Waals surface area (Å²) in [5.41, 5.74) is 1.70. The highest BCUT2D eigenvalue weighted by atomic mass is 19.1. The second kappa shape index (κ2) is 7.49. The predicted octanol–water partition coefficient (Wildman–Crippen LogP) is 0.130. The minimum atomic E-state index is -1.22. The van der Waals surface area contributed by atoms with Crippen LogP contribution in [-0.2, 0) is 6.54 Å². The van der Waals surface area contributed by atoms with Crippen molar-refractivity contribution in [3.05, 3.63) is 71.4 Å². The Bertz CT molecular complexity index is 972. The Kier molecular flexibility index (Phi) is 4.89. The van der Waals surface area contributed by atoms with Gasteiger partial charge in [0.15, 0.2) is 6.04 Å². The van der Waals surface area contributed by atoms with Crippen LogP contribution >= 0.6 is 0 Å². The first-order valence-electron chi connectivity index (χ1n) is 8.92. The SMILES string of the molecule is O=C([O-])c1ccc(C[NH+]2C[C@H](O)C[C@H]2c2nc(-c3ccc(F)cc3)no2)cc1. The Morgan fingerprint density at radius 2 is 1.93 bits per heavy atom. The van der Waals surface area contributed by atoms with Gasteiger partial charge in [0.1, 0.15) is 25.0 Å². The maximum atomic E-state index is 13.1. The number of carboxylic acid groups (broad SMARTS) is 1. The van der Waals surface area contributed by atoms with Crippen molar-refractivity contribution in [2.75, 3.05) is 6.54 Å². The minimum Gasteiger partial charge on any atom is -0.545 e. The second-order valence-electron chi connectivity index (χ2n) is 6.93. The molecular weight excluding hydrogens is 365 g/mol. The fraction of sp³-hybridized carbons (Fsp3) is 0.250. The number of nitrogens with one attached hydrogen (secondary N) is 1. The van der Waals surface area contributed by atoms with Gasteiger partial charge in [-0.1, -0.05) is 29.4 Å². The number of benzene rings is 2. The number of likely N-dealkylation sites (tertiary alicyclic amines) is 1. The molecule has 0 bridgehead atoms. The first-order chi connectivity index (χ1) is 13.5. The highest BCUT2D eigenvalue weighted by Gasteiger charge is 2.40. The molecule has 7 nitrogen and oxygen atoms in total. The molecule has 3 aromatic rings. The highest BCUT2D eigenvalue weighted by Crippen LogP contribution is 2.22. The lowest BCUT2D eigenvalue weighted by molar-refractivity contribution is -0.934. The molecule has 1 aliphatic heterocycles. The zero-order valence-corrected chi connectivity index (χ0v) is 14.8. The molecule has 144 valence electrons. The van der Waals surface area contributed by atoms with E-state index in [1.165, 1.54) is 24.3 Å². The molecule has 2 aromatic carbocycles. The first-order valence-corrected chi connectivity index (χ1v) is 8.92. The zero-order valence-electron chi connectivity index (χ0n) is 14.8. The fourth-order valence-corrected chi connectivity index (χ4v) is 3.55. The van der Waals surface area contributed by atoms with Crippen molar-refractivity contribution in [3.63, 3.8) is 0 Å². The lowest BCUT2D eigenvalue weighted by Crippen LogP contribution is -3.09. The molecule has 28 heavy (non-hydrogen) atoms. The molecule has 0 saturated carbocycles.